The number of amides is 1. The third-order valence-electron chi connectivity index (χ3n) is 4.33. The van der Waals surface area contributed by atoms with E-state index in [-0.39, 0.29) is 23.0 Å². The maximum absolute atomic E-state index is 14.0. The number of halogens is 1. The van der Waals surface area contributed by atoms with Crippen LogP contribution in [-0.4, -0.2) is 27.1 Å². The minimum absolute atomic E-state index is 0.106. The van der Waals surface area contributed by atoms with Crippen molar-refractivity contribution in [3.63, 3.8) is 0 Å². The van der Waals surface area contributed by atoms with Gasteiger partial charge in [0.15, 0.2) is 9.84 Å². The van der Waals surface area contributed by atoms with E-state index < -0.39 is 9.84 Å². The Morgan fingerprint density at radius 1 is 1.17 bits per heavy atom. The van der Waals surface area contributed by atoms with Gasteiger partial charge in [-0.3, -0.25) is 4.79 Å². The molecule has 0 unspecified atom stereocenters. The molecule has 0 radical (unpaired) electrons. The smallest absolute Gasteiger partial charge is 0.231 e. The second kappa shape index (κ2) is 6.02. The maximum Gasteiger partial charge on any atom is 0.231 e. The van der Waals surface area contributed by atoms with Gasteiger partial charge in [0.1, 0.15) is 5.82 Å². The number of sulfone groups is 1. The van der Waals surface area contributed by atoms with Crippen LogP contribution in [0.2, 0.25) is 0 Å². The lowest BCUT2D eigenvalue weighted by atomic mass is 10.0. The zero-order valence-corrected chi connectivity index (χ0v) is 14.4. The highest BCUT2D eigenvalue weighted by Gasteiger charge is 2.24. The van der Waals surface area contributed by atoms with Gasteiger partial charge in [0.2, 0.25) is 5.91 Å². The first-order valence-electron chi connectivity index (χ1n) is 7.64. The lowest BCUT2D eigenvalue weighted by Gasteiger charge is -2.21. The molecule has 0 aromatic heterocycles. The predicted octanol–water partition coefficient (Wildman–Crippen LogP) is 2.67. The summed E-state index contributed by atoms with van der Waals surface area (Å²) in [7, 11) is -3.38. The second-order valence-corrected chi connectivity index (χ2v) is 8.06. The molecule has 1 aliphatic rings. The van der Waals surface area contributed by atoms with Crippen molar-refractivity contribution in [2.45, 2.75) is 24.7 Å². The summed E-state index contributed by atoms with van der Waals surface area (Å²) >= 11 is 0. The van der Waals surface area contributed by atoms with E-state index >= 15 is 0 Å². The number of hydrogen-bond donors (Lipinski definition) is 0. The van der Waals surface area contributed by atoms with E-state index in [2.05, 4.69) is 0 Å². The minimum Gasteiger partial charge on any atom is -0.312 e. The van der Waals surface area contributed by atoms with E-state index in [0.29, 0.717) is 35.3 Å². The van der Waals surface area contributed by atoms with E-state index in [4.69, 9.17) is 0 Å². The molecule has 0 aliphatic carbocycles. The van der Waals surface area contributed by atoms with Crippen molar-refractivity contribution in [2.75, 3.05) is 17.7 Å². The van der Waals surface area contributed by atoms with Gasteiger partial charge >= 0.3 is 0 Å². The highest BCUT2D eigenvalue weighted by atomic mass is 32.2. The zero-order chi connectivity index (χ0) is 17.5. The summed E-state index contributed by atoms with van der Waals surface area (Å²) in [5.74, 6) is -0.467. The van der Waals surface area contributed by atoms with E-state index in [0.717, 1.165) is 6.26 Å². The Morgan fingerprint density at radius 3 is 2.62 bits per heavy atom. The standard InChI is InChI=1S/C18H18FNO3S/c1-12-6-7-14(11-17(12)24(2,22)23)20-9-8-15-13(10-18(20)21)4-3-5-16(15)19/h3-7,11H,8-10H2,1-2H3. The van der Waals surface area contributed by atoms with Crippen LogP contribution in [0.5, 0.6) is 0 Å². The molecule has 1 amide bonds. The molecular weight excluding hydrogens is 329 g/mol. The summed E-state index contributed by atoms with van der Waals surface area (Å²) in [6.45, 7) is 2.04. The van der Waals surface area contributed by atoms with E-state index in [9.17, 15) is 17.6 Å². The third-order valence-corrected chi connectivity index (χ3v) is 5.57. The summed E-state index contributed by atoms with van der Waals surface area (Å²) in [4.78, 5) is 14.3. The maximum atomic E-state index is 14.0. The molecule has 0 saturated carbocycles. The quantitative estimate of drug-likeness (QED) is 0.839. The van der Waals surface area contributed by atoms with Gasteiger partial charge in [0.05, 0.1) is 11.3 Å². The molecule has 126 valence electrons. The SMILES string of the molecule is Cc1ccc(N2CCc3c(F)cccc3CC2=O)cc1S(C)(=O)=O. The minimum atomic E-state index is -3.38. The lowest BCUT2D eigenvalue weighted by molar-refractivity contribution is -0.117. The van der Waals surface area contributed by atoms with Gasteiger partial charge in [-0.25, -0.2) is 12.8 Å². The van der Waals surface area contributed by atoms with Crippen LogP contribution in [0.25, 0.3) is 0 Å². The normalized spacial score (nSPS) is 15.1. The zero-order valence-electron chi connectivity index (χ0n) is 13.5. The number of fused-ring (bicyclic) bond motifs is 1. The number of aryl methyl sites for hydroxylation is 1. The first-order valence-corrected chi connectivity index (χ1v) is 9.54. The molecule has 3 rings (SSSR count). The Kier molecular flexibility index (Phi) is 4.17. The van der Waals surface area contributed by atoms with Crippen LogP contribution >= 0.6 is 0 Å². The molecule has 0 fully saturated rings. The topological polar surface area (TPSA) is 54.5 Å². The van der Waals surface area contributed by atoms with Crippen LogP contribution in [0.3, 0.4) is 0 Å². The van der Waals surface area contributed by atoms with Gasteiger partial charge in [-0.2, -0.15) is 0 Å². The fourth-order valence-corrected chi connectivity index (χ4v) is 4.07. The second-order valence-electron chi connectivity index (χ2n) is 6.07. The highest BCUT2D eigenvalue weighted by molar-refractivity contribution is 7.90. The van der Waals surface area contributed by atoms with Crippen LogP contribution in [0.4, 0.5) is 10.1 Å². The fourth-order valence-electron chi connectivity index (χ4n) is 3.08. The summed E-state index contributed by atoms with van der Waals surface area (Å²) in [5.41, 5.74) is 2.42. The van der Waals surface area contributed by atoms with Crippen LogP contribution in [0.1, 0.15) is 16.7 Å². The summed E-state index contributed by atoms with van der Waals surface area (Å²) in [6, 6.07) is 9.70. The molecule has 6 heteroatoms. The molecular formula is C18H18FNO3S. The molecule has 0 atom stereocenters. The van der Waals surface area contributed by atoms with Crippen molar-refractivity contribution in [2.24, 2.45) is 0 Å². The Morgan fingerprint density at radius 2 is 1.92 bits per heavy atom. The van der Waals surface area contributed by atoms with Gasteiger partial charge in [0, 0.05) is 18.5 Å². The summed E-state index contributed by atoms with van der Waals surface area (Å²) in [6.07, 6.45) is 1.65. The molecule has 0 bridgehead atoms. The van der Waals surface area contributed by atoms with Crippen LogP contribution < -0.4 is 4.90 Å². The van der Waals surface area contributed by atoms with E-state index in [1.807, 2.05) is 0 Å². The molecule has 0 spiro atoms. The van der Waals surface area contributed by atoms with Crippen molar-refractivity contribution in [3.05, 3.63) is 58.9 Å². The number of anilines is 1. The predicted molar refractivity (Wildman–Crippen MR) is 90.4 cm³/mol. The molecule has 2 aromatic rings. The fraction of sp³-hybridized carbons (Fsp3) is 0.278. The average molecular weight is 347 g/mol. The van der Waals surface area contributed by atoms with Gasteiger partial charge < -0.3 is 4.90 Å². The van der Waals surface area contributed by atoms with E-state index in [1.54, 1.807) is 31.2 Å². The number of benzene rings is 2. The first-order chi connectivity index (χ1) is 11.3. The lowest BCUT2D eigenvalue weighted by Crippen LogP contribution is -2.32. The van der Waals surface area contributed by atoms with Crippen molar-refractivity contribution < 1.29 is 17.6 Å². The number of nitrogens with zero attached hydrogens (tertiary/aromatic N) is 1. The Labute approximate surface area is 140 Å². The monoisotopic (exact) mass is 347 g/mol. The van der Waals surface area contributed by atoms with Crippen molar-refractivity contribution in [1.29, 1.82) is 0 Å². The summed E-state index contributed by atoms with van der Waals surface area (Å²) < 4.78 is 37.8. The van der Waals surface area contributed by atoms with Crippen LogP contribution in [-0.2, 0) is 27.5 Å². The largest absolute Gasteiger partial charge is 0.312 e. The van der Waals surface area contributed by atoms with Crippen LogP contribution in [0.15, 0.2) is 41.3 Å². The van der Waals surface area contributed by atoms with Crippen molar-refractivity contribution in [1.82, 2.24) is 0 Å². The van der Waals surface area contributed by atoms with Gasteiger partial charge in [0.25, 0.3) is 0 Å². The van der Waals surface area contributed by atoms with Crippen molar-refractivity contribution >= 4 is 21.4 Å². The molecule has 0 N–H and O–H groups in total. The number of carbonyl (C=O) groups is 1. The summed E-state index contributed by atoms with van der Waals surface area (Å²) in [5, 5.41) is 0. The van der Waals surface area contributed by atoms with Gasteiger partial charge in [-0.05, 0) is 48.2 Å². The first kappa shape index (κ1) is 16.6. The Hall–Kier alpha value is -2.21. The number of rotatable bonds is 2. The van der Waals surface area contributed by atoms with Crippen LogP contribution in [0, 0.1) is 12.7 Å². The van der Waals surface area contributed by atoms with E-state index in [1.165, 1.54) is 17.0 Å². The number of hydrogen-bond acceptors (Lipinski definition) is 3. The molecule has 1 aliphatic heterocycles. The Balaban J connectivity index is 2.00. The molecule has 2 aromatic carbocycles. The van der Waals surface area contributed by atoms with Gasteiger partial charge in [-0.1, -0.05) is 18.2 Å². The highest BCUT2D eigenvalue weighted by Crippen LogP contribution is 2.27. The molecule has 4 nitrogen and oxygen atoms in total. The molecule has 1 heterocycles. The average Bonchev–Trinajstić information content (AvgIpc) is 2.66. The number of carbonyl (C=O) groups excluding carboxylic acids is 1. The molecule has 24 heavy (non-hydrogen) atoms. The third kappa shape index (κ3) is 3.06. The molecule has 0 saturated heterocycles. The van der Waals surface area contributed by atoms with Gasteiger partial charge in [-0.15, -0.1) is 0 Å². The van der Waals surface area contributed by atoms with Crippen molar-refractivity contribution in [3.8, 4) is 0 Å². The Bertz CT molecular complexity index is 922.